The van der Waals surface area contributed by atoms with Gasteiger partial charge in [0.1, 0.15) is 5.15 Å². The van der Waals surface area contributed by atoms with Crippen molar-refractivity contribution in [3.05, 3.63) is 39.8 Å². The van der Waals surface area contributed by atoms with Crippen molar-refractivity contribution in [2.75, 3.05) is 0 Å². The van der Waals surface area contributed by atoms with Crippen LogP contribution < -0.4 is 0 Å². The van der Waals surface area contributed by atoms with Crippen molar-refractivity contribution >= 4 is 40.2 Å². The van der Waals surface area contributed by atoms with Crippen LogP contribution in [-0.4, -0.2) is 14.6 Å². The zero-order chi connectivity index (χ0) is 11.1. The number of nitrogens with zero attached hydrogens (tertiary/aromatic N) is 3. The topological polar surface area (TPSA) is 30.2 Å². The maximum atomic E-state index is 6.11. The van der Waals surface area contributed by atoms with Gasteiger partial charge in [-0.15, -0.1) is 21.5 Å². The Balaban J connectivity index is 2.32. The summed E-state index contributed by atoms with van der Waals surface area (Å²) in [4.78, 5) is 0.950. The van der Waals surface area contributed by atoms with Crippen LogP contribution in [0.3, 0.4) is 0 Å². The second-order valence-electron chi connectivity index (χ2n) is 3.17. The summed E-state index contributed by atoms with van der Waals surface area (Å²) in [5.74, 6) is 0.720. The molecule has 0 amide bonds. The predicted molar refractivity (Wildman–Crippen MR) is 66.3 cm³/mol. The van der Waals surface area contributed by atoms with Crippen LogP contribution in [0.1, 0.15) is 0 Å². The minimum atomic E-state index is 0.585. The van der Waals surface area contributed by atoms with Gasteiger partial charge in [0.25, 0.3) is 0 Å². The Morgan fingerprint density at radius 3 is 2.69 bits per heavy atom. The fraction of sp³-hybridized carbons (Fsp3) is 0. The van der Waals surface area contributed by atoms with Crippen molar-refractivity contribution < 1.29 is 0 Å². The Morgan fingerprint density at radius 1 is 1.06 bits per heavy atom. The van der Waals surface area contributed by atoms with Crippen molar-refractivity contribution in [3.63, 3.8) is 0 Å². The smallest absolute Gasteiger partial charge is 0.179 e. The molecule has 0 spiro atoms. The zero-order valence-corrected chi connectivity index (χ0v) is 10.2. The summed E-state index contributed by atoms with van der Waals surface area (Å²) in [6, 6.07) is 9.25. The summed E-state index contributed by atoms with van der Waals surface area (Å²) in [6.45, 7) is 0. The van der Waals surface area contributed by atoms with Gasteiger partial charge in [-0.05, 0) is 24.3 Å². The predicted octanol–water partition coefficient (Wildman–Crippen LogP) is 3.76. The number of fused-ring (bicyclic) bond motifs is 1. The molecule has 0 fully saturated rings. The maximum absolute atomic E-state index is 6.11. The van der Waals surface area contributed by atoms with Crippen LogP contribution in [0, 0.1) is 0 Å². The summed E-state index contributed by atoms with van der Waals surface area (Å²) in [7, 11) is 0. The number of hydrogen-bond acceptors (Lipinski definition) is 3. The van der Waals surface area contributed by atoms with Gasteiger partial charge in [-0.25, -0.2) is 0 Å². The Kier molecular flexibility index (Phi) is 2.35. The van der Waals surface area contributed by atoms with E-state index in [9.17, 15) is 0 Å². The molecule has 3 heterocycles. The molecule has 0 aliphatic carbocycles. The van der Waals surface area contributed by atoms with E-state index >= 15 is 0 Å². The Labute approximate surface area is 105 Å². The summed E-state index contributed by atoms with van der Waals surface area (Å²) in [5.41, 5.74) is 0.729. The minimum absolute atomic E-state index is 0.585. The van der Waals surface area contributed by atoms with Crippen molar-refractivity contribution in [1.82, 2.24) is 14.6 Å². The van der Waals surface area contributed by atoms with E-state index in [2.05, 4.69) is 10.2 Å². The van der Waals surface area contributed by atoms with Crippen LogP contribution >= 0.6 is 34.5 Å². The van der Waals surface area contributed by atoms with Gasteiger partial charge < -0.3 is 0 Å². The molecule has 0 bridgehead atoms. The lowest BCUT2D eigenvalue weighted by Gasteiger charge is -1.98. The number of rotatable bonds is 1. The fourth-order valence-corrected chi connectivity index (χ4v) is 2.75. The number of pyridine rings is 1. The highest BCUT2D eigenvalue weighted by molar-refractivity contribution is 7.19. The van der Waals surface area contributed by atoms with E-state index in [1.165, 1.54) is 11.3 Å². The Morgan fingerprint density at radius 2 is 1.94 bits per heavy atom. The molecule has 0 aliphatic heterocycles. The van der Waals surface area contributed by atoms with E-state index in [1.54, 1.807) is 10.5 Å². The van der Waals surface area contributed by atoms with Gasteiger partial charge in [0.2, 0.25) is 0 Å². The van der Waals surface area contributed by atoms with Crippen molar-refractivity contribution in [2.45, 2.75) is 0 Å². The molecule has 0 atom stereocenters. The molecule has 0 unspecified atom stereocenters. The third-order valence-corrected chi connectivity index (χ3v) is 3.70. The lowest BCUT2D eigenvalue weighted by molar-refractivity contribution is 1.12. The molecule has 3 aromatic heterocycles. The van der Waals surface area contributed by atoms with Crippen LogP contribution in [0.5, 0.6) is 0 Å². The number of aromatic nitrogens is 3. The van der Waals surface area contributed by atoms with Gasteiger partial charge in [0.05, 0.1) is 9.21 Å². The quantitative estimate of drug-likeness (QED) is 0.630. The normalized spacial score (nSPS) is 11.1. The van der Waals surface area contributed by atoms with Gasteiger partial charge in [-0.2, -0.15) is 0 Å². The number of thiophene rings is 1. The molecule has 0 aromatic carbocycles. The monoisotopic (exact) mass is 269 g/mol. The fourth-order valence-electron chi connectivity index (χ4n) is 1.50. The van der Waals surface area contributed by atoms with Crippen molar-refractivity contribution in [1.29, 1.82) is 0 Å². The largest absolute Gasteiger partial charge is 0.264 e. The van der Waals surface area contributed by atoms with E-state index in [0.29, 0.717) is 5.15 Å². The van der Waals surface area contributed by atoms with Gasteiger partial charge >= 0.3 is 0 Å². The zero-order valence-electron chi connectivity index (χ0n) is 7.89. The number of halogens is 2. The van der Waals surface area contributed by atoms with Crippen LogP contribution in [-0.2, 0) is 0 Å². The first kappa shape index (κ1) is 10.1. The van der Waals surface area contributed by atoms with Crippen molar-refractivity contribution in [3.8, 4) is 10.7 Å². The lowest BCUT2D eigenvalue weighted by atomic mass is 10.4. The van der Waals surface area contributed by atoms with E-state index in [-0.39, 0.29) is 0 Å². The van der Waals surface area contributed by atoms with Gasteiger partial charge in [-0.3, -0.25) is 4.40 Å². The van der Waals surface area contributed by atoms with Crippen LogP contribution in [0.4, 0.5) is 0 Å². The second-order valence-corrected chi connectivity index (χ2v) is 5.27. The SMILES string of the molecule is Clc1ccc(-c2nnc3cccc(Cl)n23)s1. The molecule has 16 heavy (non-hydrogen) atoms. The third kappa shape index (κ3) is 1.50. The highest BCUT2D eigenvalue weighted by atomic mass is 35.5. The van der Waals surface area contributed by atoms with Gasteiger partial charge in [0, 0.05) is 0 Å². The first-order chi connectivity index (χ1) is 7.75. The highest BCUT2D eigenvalue weighted by Gasteiger charge is 2.11. The van der Waals surface area contributed by atoms with E-state index < -0.39 is 0 Å². The average Bonchev–Trinajstić information content (AvgIpc) is 2.84. The summed E-state index contributed by atoms with van der Waals surface area (Å²) in [6.07, 6.45) is 0. The molecule has 0 aliphatic rings. The molecule has 0 N–H and O–H groups in total. The maximum Gasteiger partial charge on any atom is 0.179 e. The van der Waals surface area contributed by atoms with E-state index in [0.717, 1.165) is 20.7 Å². The molecule has 0 saturated heterocycles. The lowest BCUT2D eigenvalue weighted by Crippen LogP contribution is -1.88. The van der Waals surface area contributed by atoms with Crippen LogP contribution in [0.2, 0.25) is 9.49 Å². The molecule has 0 saturated carbocycles. The number of hydrogen-bond donors (Lipinski definition) is 0. The Bertz CT molecular complexity index is 659. The molecule has 0 radical (unpaired) electrons. The first-order valence-electron chi connectivity index (χ1n) is 4.51. The molecular formula is C10H5Cl2N3S. The molecule has 3 nitrogen and oxygen atoms in total. The average molecular weight is 270 g/mol. The van der Waals surface area contributed by atoms with E-state index in [4.69, 9.17) is 23.2 Å². The third-order valence-electron chi connectivity index (χ3n) is 2.17. The van der Waals surface area contributed by atoms with Gasteiger partial charge in [0.15, 0.2) is 11.5 Å². The first-order valence-corrected chi connectivity index (χ1v) is 6.08. The summed E-state index contributed by atoms with van der Waals surface area (Å²) in [5, 5.41) is 8.76. The van der Waals surface area contributed by atoms with Crippen molar-refractivity contribution in [2.24, 2.45) is 0 Å². The Hall–Kier alpha value is -1.10. The second kappa shape index (κ2) is 3.73. The minimum Gasteiger partial charge on any atom is -0.264 e. The molecule has 3 rings (SSSR count). The standard InChI is InChI=1S/C10H5Cl2N3S/c11-7-2-1-3-9-13-14-10(15(7)9)6-4-5-8(12)16-6/h1-5H. The molecule has 6 heteroatoms. The van der Waals surface area contributed by atoms with E-state index in [1.807, 2.05) is 24.3 Å². The molecule has 80 valence electrons. The van der Waals surface area contributed by atoms with Crippen LogP contribution in [0.15, 0.2) is 30.3 Å². The summed E-state index contributed by atoms with van der Waals surface area (Å²) >= 11 is 13.5. The molecular weight excluding hydrogens is 265 g/mol. The van der Waals surface area contributed by atoms with Crippen LogP contribution in [0.25, 0.3) is 16.3 Å². The highest BCUT2D eigenvalue weighted by Crippen LogP contribution is 2.31. The summed E-state index contributed by atoms with van der Waals surface area (Å²) < 4.78 is 2.52. The molecule has 3 aromatic rings. The van der Waals surface area contributed by atoms with Gasteiger partial charge in [-0.1, -0.05) is 29.3 Å².